The SMILES string of the molecule is CNc1ncnc2c1[nH]c(=O)n2C1CC(OP(OCCC#N)N(C(C)C)C(C)C)C(COC(c2ccccc2)(c2ccc(OC)cc2)c2ccc(OC)cc2)O1. The van der Waals surface area contributed by atoms with Gasteiger partial charge in [0.1, 0.15) is 41.3 Å². The van der Waals surface area contributed by atoms with Crippen molar-refractivity contribution in [3.63, 3.8) is 0 Å². The van der Waals surface area contributed by atoms with Crippen molar-refractivity contribution in [2.24, 2.45) is 0 Å². The van der Waals surface area contributed by atoms with Crippen molar-refractivity contribution < 1.29 is 28.0 Å². The lowest BCUT2D eigenvalue weighted by molar-refractivity contribution is -0.0916. The minimum absolute atomic E-state index is 0.0483. The van der Waals surface area contributed by atoms with Crippen LogP contribution in [0, 0.1) is 11.3 Å². The summed E-state index contributed by atoms with van der Waals surface area (Å²) in [5.74, 6) is 1.90. The van der Waals surface area contributed by atoms with Crippen LogP contribution in [0.25, 0.3) is 11.2 Å². The van der Waals surface area contributed by atoms with E-state index in [9.17, 15) is 10.1 Å². The summed E-state index contributed by atoms with van der Waals surface area (Å²) in [6.07, 6.45) is -0.156. The van der Waals surface area contributed by atoms with Gasteiger partial charge < -0.3 is 38.3 Å². The maximum absolute atomic E-state index is 13.6. The smallest absolute Gasteiger partial charge is 0.329 e. The highest BCUT2D eigenvalue weighted by atomic mass is 31.2. The molecule has 3 heterocycles. The fourth-order valence-electron chi connectivity index (χ4n) is 7.20. The molecule has 0 radical (unpaired) electrons. The molecular weight excluding hydrogens is 733 g/mol. The molecule has 5 aromatic rings. The van der Waals surface area contributed by atoms with E-state index in [1.807, 2.05) is 78.9 Å². The molecule has 1 aliphatic rings. The molecule has 296 valence electrons. The molecule has 56 heavy (non-hydrogen) atoms. The van der Waals surface area contributed by atoms with Crippen molar-refractivity contribution in [2.45, 2.75) is 76.7 Å². The van der Waals surface area contributed by atoms with Gasteiger partial charge in [-0.25, -0.2) is 24.0 Å². The van der Waals surface area contributed by atoms with Crippen LogP contribution in [0.2, 0.25) is 0 Å². The molecule has 14 nitrogen and oxygen atoms in total. The number of hydrogen-bond acceptors (Lipinski definition) is 12. The zero-order chi connectivity index (χ0) is 39.8. The summed E-state index contributed by atoms with van der Waals surface area (Å²) in [5.41, 5.74) is 1.95. The van der Waals surface area contributed by atoms with Crippen LogP contribution in [-0.2, 0) is 24.1 Å². The predicted molar refractivity (Wildman–Crippen MR) is 215 cm³/mol. The molecule has 0 amide bonds. The van der Waals surface area contributed by atoms with Crippen LogP contribution in [0.3, 0.4) is 0 Å². The van der Waals surface area contributed by atoms with Gasteiger partial charge in [-0.2, -0.15) is 5.26 Å². The molecular formula is C41H50N7O7P. The summed E-state index contributed by atoms with van der Waals surface area (Å²) >= 11 is 0. The molecule has 0 spiro atoms. The van der Waals surface area contributed by atoms with Crippen molar-refractivity contribution in [2.75, 3.05) is 39.8 Å². The summed E-state index contributed by atoms with van der Waals surface area (Å²) in [6.45, 7) is 8.60. The number of nitrogens with one attached hydrogen (secondary N) is 2. The third kappa shape index (κ3) is 8.44. The van der Waals surface area contributed by atoms with E-state index in [-0.39, 0.29) is 38.1 Å². The first-order chi connectivity index (χ1) is 27.1. The van der Waals surface area contributed by atoms with E-state index in [2.05, 4.69) is 58.7 Å². The van der Waals surface area contributed by atoms with E-state index in [4.69, 9.17) is 28.0 Å². The molecule has 6 rings (SSSR count). The highest BCUT2D eigenvalue weighted by Crippen LogP contribution is 2.51. The Hall–Kier alpha value is -4.87. The minimum Gasteiger partial charge on any atom is -0.497 e. The molecule has 4 atom stereocenters. The topological polar surface area (TPSA) is 158 Å². The largest absolute Gasteiger partial charge is 0.497 e. The van der Waals surface area contributed by atoms with Gasteiger partial charge in [-0.15, -0.1) is 0 Å². The number of anilines is 1. The minimum atomic E-state index is -1.67. The van der Waals surface area contributed by atoms with E-state index in [1.165, 1.54) is 10.9 Å². The first kappa shape index (κ1) is 40.8. The second-order valence-corrected chi connectivity index (χ2v) is 15.2. The Labute approximate surface area is 328 Å². The molecule has 15 heteroatoms. The lowest BCUT2D eigenvalue weighted by Crippen LogP contribution is -2.39. The summed E-state index contributed by atoms with van der Waals surface area (Å²) in [5, 5.41) is 12.4. The number of imidazole rings is 1. The van der Waals surface area contributed by atoms with Gasteiger partial charge in [0.05, 0.1) is 46.0 Å². The molecule has 4 unspecified atom stereocenters. The number of aromatic nitrogens is 4. The Morgan fingerprint density at radius 2 is 1.57 bits per heavy atom. The average molecular weight is 784 g/mol. The number of fused-ring (bicyclic) bond motifs is 1. The molecule has 0 saturated carbocycles. The van der Waals surface area contributed by atoms with Gasteiger partial charge in [0.2, 0.25) is 0 Å². The first-order valence-electron chi connectivity index (χ1n) is 18.7. The van der Waals surface area contributed by atoms with Crippen LogP contribution in [-0.4, -0.2) is 83.0 Å². The zero-order valence-electron chi connectivity index (χ0n) is 32.8. The Balaban J connectivity index is 1.45. The number of nitrogens with zero attached hydrogens (tertiary/aromatic N) is 5. The predicted octanol–water partition coefficient (Wildman–Crippen LogP) is 7.14. The van der Waals surface area contributed by atoms with E-state index in [0.717, 1.165) is 16.7 Å². The number of H-pyrrole nitrogens is 1. The number of rotatable bonds is 18. The lowest BCUT2D eigenvalue weighted by atomic mass is 9.80. The number of hydrogen-bond donors (Lipinski definition) is 2. The fraction of sp³-hybridized carbons (Fsp3) is 0.415. The van der Waals surface area contributed by atoms with Gasteiger partial charge in [0.25, 0.3) is 8.53 Å². The van der Waals surface area contributed by atoms with Crippen molar-refractivity contribution in [1.82, 2.24) is 24.2 Å². The molecule has 0 aliphatic carbocycles. The van der Waals surface area contributed by atoms with Gasteiger partial charge in [0, 0.05) is 25.6 Å². The standard InChI is InChI=1S/C41H50N7O7P/c1-27(2)48(28(3)4)56(53-23-11-22-42)55-34-24-36(47-39-37(46-40(47)49)38(43-5)44-26-45-39)54-35(34)25-52-41(29-12-9-8-10-13-29,30-14-18-32(50-6)19-15-30)31-16-20-33(51-7)21-17-31/h8-10,12-21,26-28,34-36H,11,23-25H2,1-7H3,(H,46,49)(H,43,44,45). The van der Waals surface area contributed by atoms with E-state index in [0.29, 0.717) is 28.5 Å². The zero-order valence-corrected chi connectivity index (χ0v) is 33.7. The van der Waals surface area contributed by atoms with Crippen molar-refractivity contribution in [1.29, 1.82) is 5.26 Å². The van der Waals surface area contributed by atoms with E-state index >= 15 is 0 Å². The van der Waals surface area contributed by atoms with Crippen LogP contribution in [0.5, 0.6) is 11.5 Å². The second-order valence-electron chi connectivity index (χ2n) is 13.8. The second kappa shape index (κ2) is 18.4. The highest BCUT2D eigenvalue weighted by Gasteiger charge is 2.45. The Bertz CT molecular complexity index is 2070. The molecule has 2 aromatic heterocycles. The Morgan fingerprint density at radius 1 is 0.964 bits per heavy atom. The van der Waals surface area contributed by atoms with Gasteiger partial charge in [-0.1, -0.05) is 54.6 Å². The van der Waals surface area contributed by atoms with Crippen molar-refractivity contribution in [3.05, 3.63) is 112 Å². The van der Waals surface area contributed by atoms with E-state index < -0.39 is 38.3 Å². The third-order valence-electron chi connectivity index (χ3n) is 9.74. The van der Waals surface area contributed by atoms with Gasteiger partial charge >= 0.3 is 5.69 Å². The number of methoxy groups -OCH3 is 2. The third-order valence-corrected chi connectivity index (χ3v) is 11.9. The van der Waals surface area contributed by atoms with Crippen molar-refractivity contribution >= 4 is 25.5 Å². The number of aromatic amines is 1. The molecule has 2 N–H and O–H groups in total. The average Bonchev–Trinajstić information content (AvgIpc) is 3.77. The Kier molecular flexibility index (Phi) is 13.4. The maximum Gasteiger partial charge on any atom is 0.329 e. The summed E-state index contributed by atoms with van der Waals surface area (Å²) in [4.78, 5) is 25.3. The molecule has 0 bridgehead atoms. The highest BCUT2D eigenvalue weighted by molar-refractivity contribution is 7.44. The van der Waals surface area contributed by atoms with Crippen LogP contribution in [0.1, 0.15) is 63.5 Å². The maximum atomic E-state index is 13.6. The quantitative estimate of drug-likeness (QED) is 0.0527. The molecule has 1 saturated heterocycles. The first-order valence-corrected chi connectivity index (χ1v) is 19.8. The number of nitriles is 1. The van der Waals surface area contributed by atoms with Crippen LogP contribution < -0.4 is 20.5 Å². The number of ether oxygens (including phenoxy) is 4. The number of benzene rings is 3. The summed E-state index contributed by atoms with van der Waals surface area (Å²) in [6, 6.07) is 28.0. The molecule has 1 aliphatic heterocycles. The normalized spacial score (nSPS) is 17.8. The van der Waals surface area contributed by atoms with Crippen LogP contribution in [0.15, 0.2) is 90.0 Å². The van der Waals surface area contributed by atoms with E-state index in [1.54, 1.807) is 21.3 Å². The fourth-order valence-corrected chi connectivity index (χ4v) is 8.96. The Morgan fingerprint density at radius 3 is 2.12 bits per heavy atom. The van der Waals surface area contributed by atoms with Crippen LogP contribution >= 0.6 is 8.53 Å². The van der Waals surface area contributed by atoms with Gasteiger partial charge in [0.15, 0.2) is 11.5 Å². The molecule has 1 fully saturated rings. The van der Waals surface area contributed by atoms with Gasteiger partial charge in [-0.05, 0) is 68.7 Å². The molecule has 3 aromatic carbocycles. The van der Waals surface area contributed by atoms with Crippen molar-refractivity contribution in [3.8, 4) is 17.6 Å². The van der Waals surface area contributed by atoms with Gasteiger partial charge in [-0.3, -0.25) is 0 Å². The summed E-state index contributed by atoms with van der Waals surface area (Å²) in [7, 11) is 3.33. The lowest BCUT2D eigenvalue weighted by Gasteiger charge is -2.39. The van der Waals surface area contributed by atoms with Crippen LogP contribution in [0.4, 0.5) is 5.82 Å². The monoisotopic (exact) mass is 783 g/mol. The summed E-state index contributed by atoms with van der Waals surface area (Å²) < 4.78 is 42.2.